The Bertz CT molecular complexity index is 441. The van der Waals surface area contributed by atoms with E-state index in [0.29, 0.717) is 11.3 Å². The van der Waals surface area contributed by atoms with Crippen LogP contribution in [0.1, 0.15) is 13.3 Å². The van der Waals surface area contributed by atoms with Crippen molar-refractivity contribution in [2.45, 2.75) is 23.5 Å². The molecule has 0 fully saturated rings. The summed E-state index contributed by atoms with van der Waals surface area (Å²) < 4.78 is 18.2. The third-order valence-electron chi connectivity index (χ3n) is 2.29. The summed E-state index contributed by atoms with van der Waals surface area (Å²) in [6, 6.07) is 2.17. The van der Waals surface area contributed by atoms with E-state index in [9.17, 15) is 14.5 Å². The second-order valence-electron chi connectivity index (χ2n) is 3.65. The highest BCUT2D eigenvalue weighted by atomic mass is 32.2. The number of methoxy groups -OCH3 is 1. The Morgan fingerprint density at radius 2 is 2.28 bits per heavy atom. The third kappa shape index (κ3) is 3.58. The molecule has 1 aromatic rings. The van der Waals surface area contributed by atoms with Crippen LogP contribution in [-0.2, 0) is 0 Å². The standard InChI is InChI=1S/C11H14FNO4S/c1-7(3-4-14)18-11-6-10(17-2)8(12)5-9(11)13(15)16/h5-7,14H,3-4H2,1-2H3. The summed E-state index contributed by atoms with van der Waals surface area (Å²) in [5.41, 5.74) is -0.289. The van der Waals surface area contributed by atoms with Gasteiger partial charge in [-0.25, -0.2) is 4.39 Å². The first kappa shape index (κ1) is 14.7. The number of nitro benzene ring substituents is 1. The summed E-state index contributed by atoms with van der Waals surface area (Å²) in [4.78, 5) is 10.6. The summed E-state index contributed by atoms with van der Waals surface area (Å²) >= 11 is 1.21. The van der Waals surface area contributed by atoms with Crippen LogP contribution in [0.4, 0.5) is 10.1 Å². The second-order valence-corrected chi connectivity index (χ2v) is 5.13. The maximum absolute atomic E-state index is 13.4. The minimum atomic E-state index is -0.761. The highest BCUT2D eigenvalue weighted by molar-refractivity contribution is 8.00. The summed E-state index contributed by atoms with van der Waals surface area (Å²) in [7, 11) is 1.30. The molecule has 0 heterocycles. The Morgan fingerprint density at radius 1 is 1.61 bits per heavy atom. The maximum Gasteiger partial charge on any atom is 0.286 e. The van der Waals surface area contributed by atoms with Crippen LogP contribution in [0.3, 0.4) is 0 Å². The van der Waals surface area contributed by atoms with Gasteiger partial charge in [0.15, 0.2) is 11.6 Å². The van der Waals surface area contributed by atoms with Crippen LogP contribution in [0.15, 0.2) is 17.0 Å². The van der Waals surface area contributed by atoms with E-state index in [2.05, 4.69) is 0 Å². The van der Waals surface area contributed by atoms with E-state index in [1.54, 1.807) is 0 Å². The second kappa shape index (κ2) is 6.55. The van der Waals surface area contributed by atoms with Crippen LogP contribution in [0.25, 0.3) is 0 Å². The molecule has 5 nitrogen and oxygen atoms in total. The van der Waals surface area contributed by atoms with Crippen LogP contribution < -0.4 is 4.74 Å². The number of rotatable bonds is 6. The van der Waals surface area contributed by atoms with Gasteiger partial charge in [0.1, 0.15) is 0 Å². The smallest absolute Gasteiger partial charge is 0.286 e. The molecule has 1 aromatic carbocycles. The van der Waals surface area contributed by atoms with E-state index in [4.69, 9.17) is 9.84 Å². The predicted octanol–water partition coefficient (Wildman–Crippen LogP) is 2.61. The Hall–Kier alpha value is -1.34. The number of nitrogens with zero attached hydrogens (tertiary/aromatic N) is 1. The zero-order valence-electron chi connectivity index (χ0n) is 10.1. The van der Waals surface area contributed by atoms with Crippen molar-refractivity contribution in [3.63, 3.8) is 0 Å². The summed E-state index contributed by atoms with van der Waals surface area (Å²) in [6.07, 6.45) is 0.502. The highest BCUT2D eigenvalue weighted by Gasteiger charge is 2.21. The average molecular weight is 275 g/mol. The Kier molecular flexibility index (Phi) is 5.36. The molecule has 1 rings (SSSR count). The number of aliphatic hydroxyl groups excluding tert-OH is 1. The molecule has 18 heavy (non-hydrogen) atoms. The van der Waals surface area contributed by atoms with Gasteiger partial charge < -0.3 is 9.84 Å². The SMILES string of the molecule is COc1cc(SC(C)CCO)c([N+](=O)[O-])cc1F. The number of halogens is 1. The minimum Gasteiger partial charge on any atom is -0.494 e. The van der Waals surface area contributed by atoms with Gasteiger partial charge in [-0.3, -0.25) is 10.1 Å². The molecule has 1 N–H and O–H groups in total. The van der Waals surface area contributed by atoms with Crippen molar-refractivity contribution < 1.29 is 19.2 Å². The van der Waals surface area contributed by atoms with Gasteiger partial charge in [0, 0.05) is 17.9 Å². The van der Waals surface area contributed by atoms with Crippen LogP contribution in [-0.4, -0.2) is 29.0 Å². The van der Waals surface area contributed by atoms with Gasteiger partial charge >= 0.3 is 0 Å². The molecule has 0 aliphatic rings. The molecule has 7 heteroatoms. The van der Waals surface area contributed by atoms with Crippen molar-refractivity contribution in [1.82, 2.24) is 0 Å². The van der Waals surface area contributed by atoms with Crippen molar-refractivity contribution in [2.24, 2.45) is 0 Å². The number of ether oxygens (including phenoxy) is 1. The molecule has 0 amide bonds. The van der Waals surface area contributed by atoms with E-state index in [0.717, 1.165) is 6.07 Å². The normalized spacial score (nSPS) is 12.2. The van der Waals surface area contributed by atoms with Crippen LogP contribution in [0, 0.1) is 15.9 Å². The Labute approximate surface area is 108 Å². The van der Waals surface area contributed by atoms with E-state index in [1.807, 2.05) is 6.92 Å². The Balaban J connectivity index is 3.10. The highest BCUT2D eigenvalue weighted by Crippen LogP contribution is 2.37. The lowest BCUT2D eigenvalue weighted by Crippen LogP contribution is -2.02. The monoisotopic (exact) mass is 275 g/mol. The van der Waals surface area contributed by atoms with Crippen LogP contribution in [0.2, 0.25) is 0 Å². The molecule has 0 bridgehead atoms. The number of aliphatic hydroxyl groups is 1. The van der Waals surface area contributed by atoms with Crippen molar-refractivity contribution in [3.05, 3.63) is 28.1 Å². The van der Waals surface area contributed by atoms with E-state index < -0.39 is 10.7 Å². The van der Waals surface area contributed by atoms with E-state index in [-0.39, 0.29) is 23.3 Å². The van der Waals surface area contributed by atoms with Gasteiger partial charge in [-0.1, -0.05) is 6.92 Å². The lowest BCUT2D eigenvalue weighted by atomic mass is 10.3. The van der Waals surface area contributed by atoms with Crippen LogP contribution >= 0.6 is 11.8 Å². The largest absolute Gasteiger partial charge is 0.494 e. The van der Waals surface area contributed by atoms with E-state index >= 15 is 0 Å². The van der Waals surface area contributed by atoms with Gasteiger partial charge in [-0.2, -0.15) is 0 Å². The summed E-state index contributed by atoms with van der Waals surface area (Å²) in [5, 5.41) is 19.6. The zero-order chi connectivity index (χ0) is 13.7. The van der Waals surface area contributed by atoms with Crippen molar-refractivity contribution in [2.75, 3.05) is 13.7 Å². The lowest BCUT2D eigenvalue weighted by molar-refractivity contribution is -0.387. The molecule has 0 saturated carbocycles. The lowest BCUT2D eigenvalue weighted by Gasteiger charge is -2.11. The molecule has 0 aliphatic heterocycles. The molecule has 0 aromatic heterocycles. The predicted molar refractivity (Wildman–Crippen MR) is 66.6 cm³/mol. The van der Waals surface area contributed by atoms with Crippen molar-refractivity contribution in [1.29, 1.82) is 0 Å². The molecule has 100 valence electrons. The molecule has 0 spiro atoms. The fourth-order valence-electron chi connectivity index (χ4n) is 1.38. The topological polar surface area (TPSA) is 72.6 Å². The molecule has 0 aliphatic carbocycles. The van der Waals surface area contributed by atoms with Crippen molar-refractivity contribution in [3.8, 4) is 5.75 Å². The Morgan fingerprint density at radius 3 is 2.78 bits per heavy atom. The number of nitro groups is 1. The van der Waals surface area contributed by atoms with Crippen molar-refractivity contribution >= 4 is 17.4 Å². The van der Waals surface area contributed by atoms with Crippen LogP contribution in [0.5, 0.6) is 5.75 Å². The zero-order valence-corrected chi connectivity index (χ0v) is 10.9. The molecule has 1 atom stereocenters. The maximum atomic E-state index is 13.4. The molecular weight excluding hydrogens is 261 g/mol. The first-order valence-corrected chi connectivity index (χ1v) is 6.17. The first-order valence-electron chi connectivity index (χ1n) is 5.29. The number of thioether (sulfide) groups is 1. The molecule has 0 radical (unpaired) electrons. The fourth-order valence-corrected chi connectivity index (χ4v) is 2.46. The average Bonchev–Trinajstić information content (AvgIpc) is 2.30. The summed E-state index contributed by atoms with van der Waals surface area (Å²) in [5.74, 6) is -0.789. The van der Waals surface area contributed by atoms with Gasteiger partial charge in [-0.05, 0) is 6.42 Å². The third-order valence-corrected chi connectivity index (χ3v) is 3.51. The number of benzene rings is 1. The molecular formula is C11H14FNO4S. The molecule has 1 unspecified atom stereocenters. The fraction of sp³-hybridized carbons (Fsp3) is 0.455. The van der Waals surface area contributed by atoms with Gasteiger partial charge in [0.2, 0.25) is 0 Å². The van der Waals surface area contributed by atoms with E-state index in [1.165, 1.54) is 24.9 Å². The minimum absolute atomic E-state index is 0.000292. The van der Waals surface area contributed by atoms with Gasteiger partial charge in [-0.15, -0.1) is 11.8 Å². The quantitative estimate of drug-likeness (QED) is 0.491. The summed E-state index contributed by atoms with van der Waals surface area (Å²) in [6.45, 7) is 1.83. The molecule has 0 saturated heterocycles. The number of hydrogen-bond acceptors (Lipinski definition) is 5. The number of hydrogen-bond donors (Lipinski definition) is 1. The van der Waals surface area contributed by atoms with Gasteiger partial charge in [0.05, 0.1) is 23.0 Å². The first-order chi connectivity index (χ1) is 8.49. The van der Waals surface area contributed by atoms with Gasteiger partial charge in [0.25, 0.3) is 5.69 Å².